The van der Waals surface area contributed by atoms with Crippen LogP contribution in [0.25, 0.3) is 0 Å². The van der Waals surface area contributed by atoms with Crippen molar-refractivity contribution in [3.8, 4) is 0 Å². The number of aliphatic imine (C=N–C) groups is 1. The molecule has 0 aliphatic carbocycles. The lowest BCUT2D eigenvalue weighted by Crippen LogP contribution is -2.50. The fourth-order valence-electron chi connectivity index (χ4n) is 0.694. The molecule has 0 aromatic carbocycles. The average Bonchev–Trinajstić information content (AvgIpc) is 1.98. The summed E-state index contributed by atoms with van der Waals surface area (Å²) in [5.41, 5.74) is -4.03. The van der Waals surface area contributed by atoms with Crippen molar-refractivity contribution in [1.82, 2.24) is 0 Å². The van der Waals surface area contributed by atoms with Crippen LogP contribution in [0.5, 0.6) is 0 Å². The molecule has 3 nitrogen and oxygen atoms in total. The lowest BCUT2D eigenvalue weighted by molar-refractivity contribution is -0.207. The van der Waals surface area contributed by atoms with Crippen molar-refractivity contribution in [3.05, 3.63) is 0 Å². The summed E-state index contributed by atoms with van der Waals surface area (Å²) in [6, 6.07) is 0. The zero-order valence-electron chi connectivity index (χ0n) is 9.31. The molecule has 0 aliphatic heterocycles. The summed E-state index contributed by atoms with van der Waals surface area (Å²) in [6.45, 7) is 4.98. The van der Waals surface area contributed by atoms with Crippen LogP contribution in [-0.4, -0.2) is 28.4 Å². The lowest BCUT2D eigenvalue weighted by Gasteiger charge is -2.29. The standard InChI is InChI=1S/C9H12F3NO2S/c1-7(2,3)15-6(14)8(4,13-5-16)9(10,11)12/h1-4H3. The molecule has 0 saturated carbocycles. The Hall–Kier alpha value is -0.940. The van der Waals surface area contributed by atoms with Crippen LogP contribution in [0.2, 0.25) is 0 Å². The molecule has 1 atom stereocenters. The number of nitrogens with zero attached hydrogens (tertiary/aromatic N) is 1. The summed E-state index contributed by atoms with van der Waals surface area (Å²) >= 11 is 4.11. The number of halogens is 3. The van der Waals surface area contributed by atoms with Gasteiger partial charge < -0.3 is 4.74 Å². The number of hydrogen-bond donors (Lipinski definition) is 0. The van der Waals surface area contributed by atoms with Crippen LogP contribution in [0, 0.1) is 0 Å². The highest BCUT2D eigenvalue weighted by Crippen LogP contribution is 2.35. The molecule has 0 spiro atoms. The predicted octanol–water partition coefficient (Wildman–Crippen LogP) is 2.75. The number of carbonyl (C=O) groups is 1. The fourth-order valence-corrected chi connectivity index (χ4v) is 0.876. The number of rotatable bonds is 2. The Kier molecular flexibility index (Phi) is 4.24. The largest absolute Gasteiger partial charge is 0.458 e. The Morgan fingerprint density at radius 2 is 1.69 bits per heavy atom. The van der Waals surface area contributed by atoms with Crippen LogP contribution >= 0.6 is 12.2 Å². The summed E-state index contributed by atoms with van der Waals surface area (Å²) in [5.74, 6) is -1.50. The molecular weight excluding hydrogens is 243 g/mol. The van der Waals surface area contributed by atoms with Crippen molar-refractivity contribution < 1.29 is 22.7 Å². The van der Waals surface area contributed by atoms with Gasteiger partial charge in [-0.2, -0.15) is 13.2 Å². The summed E-state index contributed by atoms with van der Waals surface area (Å²) < 4.78 is 42.6. The molecule has 0 aliphatic rings. The van der Waals surface area contributed by atoms with Crippen molar-refractivity contribution in [3.63, 3.8) is 0 Å². The molecule has 0 aromatic heterocycles. The van der Waals surface area contributed by atoms with Gasteiger partial charge in [-0.15, -0.1) is 0 Å². The van der Waals surface area contributed by atoms with Gasteiger partial charge in [0.15, 0.2) is 0 Å². The van der Waals surface area contributed by atoms with E-state index in [-0.39, 0.29) is 0 Å². The van der Waals surface area contributed by atoms with E-state index in [0.717, 1.165) is 0 Å². The monoisotopic (exact) mass is 255 g/mol. The van der Waals surface area contributed by atoms with Crippen molar-refractivity contribution in [1.29, 1.82) is 0 Å². The van der Waals surface area contributed by atoms with E-state index in [1.54, 1.807) is 5.16 Å². The van der Waals surface area contributed by atoms with E-state index in [4.69, 9.17) is 0 Å². The molecule has 7 heteroatoms. The second kappa shape index (κ2) is 4.51. The third-order valence-electron chi connectivity index (χ3n) is 1.62. The molecule has 0 fully saturated rings. The Balaban J connectivity index is 5.24. The van der Waals surface area contributed by atoms with Gasteiger partial charge in [-0.1, -0.05) is 0 Å². The number of alkyl halides is 3. The van der Waals surface area contributed by atoms with Crippen molar-refractivity contribution >= 4 is 23.3 Å². The molecule has 16 heavy (non-hydrogen) atoms. The molecule has 0 radical (unpaired) electrons. The van der Waals surface area contributed by atoms with Gasteiger partial charge in [0.05, 0.1) is 5.16 Å². The van der Waals surface area contributed by atoms with Crippen LogP contribution in [0.1, 0.15) is 27.7 Å². The van der Waals surface area contributed by atoms with E-state index in [1.807, 2.05) is 0 Å². The number of isothiocyanates is 1. The minimum atomic E-state index is -4.87. The number of esters is 1. The lowest BCUT2D eigenvalue weighted by atomic mass is 10.0. The molecule has 0 amide bonds. The van der Waals surface area contributed by atoms with Gasteiger partial charge >= 0.3 is 12.1 Å². The smallest absolute Gasteiger partial charge is 0.424 e. The van der Waals surface area contributed by atoms with Gasteiger partial charge in [0, 0.05) is 0 Å². The van der Waals surface area contributed by atoms with Gasteiger partial charge in [0.25, 0.3) is 5.54 Å². The van der Waals surface area contributed by atoms with Crippen LogP contribution in [0.15, 0.2) is 4.99 Å². The van der Waals surface area contributed by atoms with Crippen LogP contribution < -0.4 is 0 Å². The minimum absolute atomic E-state index is 0.598. The van der Waals surface area contributed by atoms with E-state index in [0.29, 0.717) is 6.92 Å². The molecule has 0 aromatic rings. The van der Waals surface area contributed by atoms with E-state index in [1.165, 1.54) is 20.8 Å². The minimum Gasteiger partial charge on any atom is -0.458 e. The molecule has 1 unspecified atom stereocenters. The SMILES string of the molecule is CC(C)(C)OC(=O)C(C)(N=C=S)C(F)(F)F. The molecule has 0 bridgehead atoms. The van der Waals surface area contributed by atoms with Crippen LogP contribution in [0.3, 0.4) is 0 Å². The number of thiocarbonyl (C=S) groups is 1. The maximum Gasteiger partial charge on any atom is 0.424 e. The Labute approximate surface area is 96.7 Å². The highest BCUT2D eigenvalue weighted by Gasteiger charge is 2.59. The molecule has 0 saturated heterocycles. The summed E-state index contributed by atoms with van der Waals surface area (Å²) in [4.78, 5) is 14.3. The average molecular weight is 255 g/mol. The Bertz CT molecular complexity index is 329. The third-order valence-corrected chi connectivity index (χ3v) is 1.71. The van der Waals surface area contributed by atoms with Crippen LogP contribution in [-0.2, 0) is 9.53 Å². The van der Waals surface area contributed by atoms with Gasteiger partial charge in [-0.3, -0.25) is 0 Å². The normalized spacial score (nSPS) is 15.9. The zero-order valence-corrected chi connectivity index (χ0v) is 10.1. The molecule has 92 valence electrons. The quantitative estimate of drug-likeness (QED) is 0.432. The summed E-state index contributed by atoms with van der Waals surface area (Å²) in [5, 5.41) is 1.57. The van der Waals surface area contributed by atoms with Gasteiger partial charge in [-0.05, 0) is 39.9 Å². The van der Waals surface area contributed by atoms with E-state index in [9.17, 15) is 18.0 Å². The van der Waals surface area contributed by atoms with Crippen molar-refractivity contribution in [2.75, 3.05) is 0 Å². The van der Waals surface area contributed by atoms with E-state index in [2.05, 4.69) is 21.9 Å². The first kappa shape index (κ1) is 15.1. The second-order valence-corrected chi connectivity index (χ2v) is 4.46. The molecule has 0 heterocycles. The zero-order chi connectivity index (χ0) is 13.2. The Morgan fingerprint density at radius 1 is 1.25 bits per heavy atom. The number of carbonyl (C=O) groups excluding carboxylic acids is 1. The fraction of sp³-hybridized carbons (Fsp3) is 0.778. The topological polar surface area (TPSA) is 38.7 Å². The maximum atomic E-state index is 12.6. The van der Waals surface area contributed by atoms with Crippen LogP contribution in [0.4, 0.5) is 13.2 Å². The highest BCUT2D eigenvalue weighted by atomic mass is 32.1. The van der Waals surface area contributed by atoms with Crippen molar-refractivity contribution in [2.24, 2.45) is 4.99 Å². The maximum absolute atomic E-state index is 12.6. The first-order valence-electron chi connectivity index (χ1n) is 4.33. The van der Waals surface area contributed by atoms with Gasteiger partial charge in [0.2, 0.25) is 0 Å². The predicted molar refractivity (Wildman–Crippen MR) is 55.3 cm³/mol. The third kappa shape index (κ3) is 3.57. The first-order valence-corrected chi connectivity index (χ1v) is 4.74. The summed E-state index contributed by atoms with van der Waals surface area (Å²) in [6.07, 6.45) is -4.87. The van der Waals surface area contributed by atoms with E-state index < -0.39 is 23.3 Å². The number of hydrogen-bond acceptors (Lipinski definition) is 4. The summed E-state index contributed by atoms with van der Waals surface area (Å²) in [7, 11) is 0. The van der Waals surface area contributed by atoms with Gasteiger partial charge in [-0.25, -0.2) is 9.79 Å². The van der Waals surface area contributed by atoms with Crippen molar-refractivity contribution in [2.45, 2.75) is 45.0 Å². The highest BCUT2D eigenvalue weighted by molar-refractivity contribution is 7.78. The molecular formula is C9H12F3NO2S. The molecule has 0 N–H and O–H groups in total. The first-order chi connectivity index (χ1) is 6.94. The Morgan fingerprint density at radius 3 is 1.94 bits per heavy atom. The number of ether oxygens (including phenoxy) is 1. The van der Waals surface area contributed by atoms with E-state index >= 15 is 0 Å². The second-order valence-electron chi connectivity index (χ2n) is 4.27. The van der Waals surface area contributed by atoms with Gasteiger partial charge in [0.1, 0.15) is 5.60 Å². The molecule has 0 rings (SSSR count).